The first-order valence-corrected chi connectivity index (χ1v) is 6.97. The highest BCUT2D eigenvalue weighted by Gasteiger charge is 2.20. The molecule has 7 heteroatoms. The predicted octanol–water partition coefficient (Wildman–Crippen LogP) is 0.875. The van der Waals surface area contributed by atoms with E-state index in [0.29, 0.717) is 11.3 Å². The number of esters is 1. The summed E-state index contributed by atoms with van der Waals surface area (Å²) in [5.41, 5.74) is 1.20. The van der Waals surface area contributed by atoms with Crippen molar-refractivity contribution < 1.29 is 24.2 Å². The Labute approximate surface area is 129 Å². The smallest absolute Gasteiger partial charge is 0.336 e. The van der Waals surface area contributed by atoms with E-state index in [2.05, 4.69) is 26.0 Å². The van der Waals surface area contributed by atoms with Crippen LogP contribution in [0.1, 0.15) is 5.56 Å². The van der Waals surface area contributed by atoms with Gasteiger partial charge in [-0.15, -0.1) is 0 Å². The molecule has 2 N–H and O–H groups in total. The molecule has 0 radical (unpaired) electrons. The molecule has 1 atom stereocenters. The topological polar surface area (TPSA) is 84.9 Å². The van der Waals surface area contributed by atoms with Crippen molar-refractivity contribution in [3.63, 3.8) is 0 Å². The summed E-state index contributed by atoms with van der Waals surface area (Å²) in [6.07, 6.45) is 0.328. The van der Waals surface area contributed by atoms with Gasteiger partial charge in [0, 0.05) is 10.0 Å². The lowest BCUT2D eigenvalue weighted by atomic mass is 10.1. The zero-order valence-electron chi connectivity index (χ0n) is 11.3. The Hall–Kier alpha value is -1.86. The number of hydrogen-bond acceptors (Lipinski definition) is 5. The molecule has 0 bridgehead atoms. The molecule has 0 fully saturated rings. The van der Waals surface area contributed by atoms with Crippen LogP contribution >= 0.6 is 15.9 Å². The fourth-order valence-electron chi connectivity index (χ4n) is 1.80. The second-order valence-corrected chi connectivity index (χ2v) is 5.31. The predicted molar refractivity (Wildman–Crippen MR) is 78.6 cm³/mol. The molecule has 1 aliphatic rings. The van der Waals surface area contributed by atoms with Gasteiger partial charge in [0.25, 0.3) is 5.91 Å². The van der Waals surface area contributed by atoms with Crippen LogP contribution in [0, 0.1) is 0 Å². The van der Waals surface area contributed by atoms with E-state index < -0.39 is 18.0 Å². The molecule has 1 amide bonds. The van der Waals surface area contributed by atoms with Crippen LogP contribution in [-0.4, -0.2) is 43.3 Å². The van der Waals surface area contributed by atoms with Crippen LogP contribution in [0.15, 0.2) is 28.2 Å². The summed E-state index contributed by atoms with van der Waals surface area (Å²) >= 11 is 3.35. The number of nitrogens with one attached hydrogen (secondary N) is 1. The van der Waals surface area contributed by atoms with Crippen molar-refractivity contribution in [1.29, 1.82) is 0 Å². The molecule has 0 spiro atoms. The molecule has 1 aromatic rings. The van der Waals surface area contributed by atoms with Crippen molar-refractivity contribution in [2.75, 3.05) is 20.3 Å². The Bertz CT molecular complexity index is 599. The van der Waals surface area contributed by atoms with E-state index in [0.717, 1.165) is 10.0 Å². The average Bonchev–Trinajstić information content (AvgIpc) is 2.50. The quantitative estimate of drug-likeness (QED) is 0.783. The van der Waals surface area contributed by atoms with Crippen LogP contribution < -0.4 is 10.1 Å². The molecule has 0 aliphatic carbocycles. The lowest BCUT2D eigenvalue weighted by Gasteiger charge is -2.18. The second-order valence-electron chi connectivity index (χ2n) is 4.39. The highest BCUT2D eigenvalue weighted by Crippen LogP contribution is 2.29. The van der Waals surface area contributed by atoms with Gasteiger partial charge in [0.05, 0.1) is 19.2 Å². The Morgan fingerprint density at radius 2 is 2.29 bits per heavy atom. The first-order valence-electron chi connectivity index (χ1n) is 6.18. The number of fused-ring (bicyclic) bond motifs is 1. The van der Waals surface area contributed by atoms with E-state index in [4.69, 9.17) is 4.74 Å². The van der Waals surface area contributed by atoms with Gasteiger partial charge in [-0.1, -0.05) is 15.9 Å². The summed E-state index contributed by atoms with van der Waals surface area (Å²) in [5.74, 6) is -0.494. The van der Waals surface area contributed by atoms with Crippen LogP contribution in [0.3, 0.4) is 0 Å². The Morgan fingerprint density at radius 3 is 3.00 bits per heavy atom. The maximum absolute atomic E-state index is 12.0. The molecule has 1 aromatic carbocycles. The standard InChI is InChI=1S/C14H14BrNO5/c1-20-14(19)11(17)6-16-13(18)9-4-8-5-10(15)2-3-12(8)21-7-9/h2-5,11,17H,6-7H2,1H3,(H,16,18). The van der Waals surface area contributed by atoms with Crippen molar-refractivity contribution in [3.8, 4) is 5.75 Å². The average molecular weight is 356 g/mol. The number of carbonyl (C=O) groups is 2. The summed E-state index contributed by atoms with van der Waals surface area (Å²) in [6, 6.07) is 5.50. The van der Waals surface area contributed by atoms with Gasteiger partial charge in [-0.3, -0.25) is 4.79 Å². The van der Waals surface area contributed by atoms with Gasteiger partial charge in [-0.05, 0) is 24.3 Å². The summed E-state index contributed by atoms with van der Waals surface area (Å²) in [7, 11) is 1.17. The maximum Gasteiger partial charge on any atom is 0.336 e. The number of benzene rings is 1. The minimum absolute atomic E-state index is 0.134. The molecule has 1 unspecified atom stereocenters. The first kappa shape index (κ1) is 15.5. The minimum Gasteiger partial charge on any atom is -0.488 e. The van der Waals surface area contributed by atoms with Gasteiger partial charge in [0.15, 0.2) is 6.10 Å². The number of rotatable bonds is 4. The molecular weight excluding hydrogens is 342 g/mol. The number of hydrogen-bond donors (Lipinski definition) is 2. The first-order chi connectivity index (χ1) is 10.0. The summed E-state index contributed by atoms with van der Waals surface area (Å²) in [5, 5.41) is 11.9. The lowest BCUT2D eigenvalue weighted by molar-refractivity contribution is -0.150. The summed E-state index contributed by atoms with van der Waals surface area (Å²) < 4.78 is 10.7. The van der Waals surface area contributed by atoms with Gasteiger partial charge < -0.3 is 19.9 Å². The molecular formula is C14H14BrNO5. The van der Waals surface area contributed by atoms with Crippen molar-refractivity contribution in [1.82, 2.24) is 5.32 Å². The molecule has 2 rings (SSSR count). The van der Waals surface area contributed by atoms with E-state index in [-0.39, 0.29) is 13.2 Å². The molecule has 0 aromatic heterocycles. The fourth-order valence-corrected chi connectivity index (χ4v) is 2.18. The van der Waals surface area contributed by atoms with E-state index in [1.807, 2.05) is 18.2 Å². The zero-order valence-corrected chi connectivity index (χ0v) is 12.8. The van der Waals surface area contributed by atoms with Crippen LogP contribution in [0.2, 0.25) is 0 Å². The number of carbonyl (C=O) groups excluding carboxylic acids is 2. The fraction of sp³-hybridized carbons (Fsp3) is 0.286. The Morgan fingerprint density at radius 1 is 1.52 bits per heavy atom. The molecule has 6 nitrogen and oxygen atoms in total. The molecule has 1 heterocycles. The van der Waals surface area contributed by atoms with Crippen LogP contribution in [0.5, 0.6) is 5.75 Å². The third kappa shape index (κ3) is 3.83. The summed E-state index contributed by atoms with van der Waals surface area (Å²) in [6.45, 7) is -0.0804. The Balaban J connectivity index is 2.02. The number of methoxy groups -OCH3 is 1. The normalized spacial score (nSPS) is 14.3. The van der Waals surface area contributed by atoms with E-state index in [9.17, 15) is 14.7 Å². The van der Waals surface area contributed by atoms with Crippen LogP contribution in [0.25, 0.3) is 6.08 Å². The molecule has 1 aliphatic heterocycles. The van der Waals surface area contributed by atoms with Crippen LogP contribution in [0.4, 0.5) is 0 Å². The van der Waals surface area contributed by atoms with Crippen molar-refractivity contribution in [3.05, 3.63) is 33.8 Å². The maximum atomic E-state index is 12.0. The number of aliphatic hydroxyl groups excluding tert-OH is 1. The molecule has 21 heavy (non-hydrogen) atoms. The Kier molecular flexibility index (Phi) is 4.98. The van der Waals surface area contributed by atoms with Gasteiger partial charge in [0.2, 0.25) is 0 Å². The van der Waals surface area contributed by atoms with Gasteiger partial charge in [-0.25, -0.2) is 4.79 Å². The van der Waals surface area contributed by atoms with Crippen molar-refractivity contribution in [2.45, 2.75) is 6.10 Å². The summed E-state index contributed by atoms with van der Waals surface area (Å²) in [4.78, 5) is 23.0. The highest BCUT2D eigenvalue weighted by molar-refractivity contribution is 9.10. The third-order valence-electron chi connectivity index (χ3n) is 2.91. The highest BCUT2D eigenvalue weighted by atomic mass is 79.9. The number of ether oxygens (including phenoxy) is 2. The number of amides is 1. The van der Waals surface area contributed by atoms with Gasteiger partial charge >= 0.3 is 5.97 Å². The molecule has 0 saturated carbocycles. The van der Waals surface area contributed by atoms with Crippen LogP contribution in [-0.2, 0) is 14.3 Å². The van der Waals surface area contributed by atoms with E-state index >= 15 is 0 Å². The monoisotopic (exact) mass is 355 g/mol. The van der Waals surface area contributed by atoms with E-state index in [1.54, 1.807) is 6.08 Å². The number of halogens is 1. The van der Waals surface area contributed by atoms with E-state index in [1.165, 1.54) is 7.11 Å². The van der Waals surface area contributed by atoms with Gasteiger partial charge in [0.1, 0.15) is 12.4 Å². The lowest BCUT2D eigenvalue weighted by Crippen LogP contribution is -2.38. The molecule has 112 valence electrons. The molecule has 0 saturated heterocycles. The van der Waals surface area contributed by atoms with Crippen molar-refractivity contribution in [2.24, 2.45) is 0 Å². The third-order valence-corrected chi connectivity index (χ3v) is 3.40. The van der Waals surface area contributed by atoms with Gasteiger partial charge in [-0.2, -0.15) is 0 Å². The zero-order chi connectivity index (χ0) is 15.4. The number of aliphatic hydroxyl groups is 1. The largest absolute Gasteiger partial charge is 0.488 e. The SMILES string of the molecule is COC(=O)C(O)CNC(=O)C1=Cc2cc(Br)ccc2OC1. The van der Waals surface area contributed by atoms with Crippen molar-refractivity contribution >= 4 is 33.9 Å². The second kappa shape index (κ2) is 6.73. The minimum atomic E-state index is -1.38.